The SMILES string of the molecule is CO[C@H]1/C=C/O[C@@]2(C)Oc3c(C)c(O)c4c(O)c(c(CN5CCN(C)C6(CCN(C)CC6)C5)c(O)c4c3C2=O)NC(=O)/C(C)=C\C=C\[C@H](C)[C@H](O)[C@@H](C)[C@@H](O)[C@@H](C)[C@H](OC(C)=O)[C@@H]1C. The normalized spacial score (nSPS) is 33.0. The number of phenols is 3. The van der Waals surface area contributed by atoms with Gasteiger partial charge in [-0.2, -0.15) is 0 Å². The number of rotatable bonds is 4. The van der Waals surface area contributed by atoms with Crippen LogP contribution < -0.4 is 10.1 Å². The number of nitrogens with one attached hydrogen (secondary N) is 1. The summed E-state index contributed by atoms with van der Waals surface area (Å²) >= 11 is 0. The van der Waals surface area contributed by atoms with Gasteiger partial charge < -0.3 is 54.7 Å². The molecule has 5 aliphatic heterocycles. The van der Waals surface area contributed by atoms with E-state index in [4.69, 9.17) is 18.9 Å². The molecule has 352 valence electrons. The van der Waals surface area contributed by atoms with E-state index in [9.17, 15) is 39.9 Å². The van der Waals surface area contributed by atoms with E-state index in [1.165, 1.54) is 40.2 Å². The van der Waals surface area contributed by atoms with Gasteiger partial charge in [0.05, 0.1) is 41.2 Å². The van der Waals surface area contributed by atoms with Gasteiger partial charge >= 0.3 is 11.8 Å². The highest BCUT2D eigenvalue weighted by atomic mass is 16.7. The van der Waals surface area contributed by atoms with Crippen molar-refractivity contribution in [3.05, 3.63) is 52.8 Å². The number of ether oxygens (including phenoxy) is 4. The highest BCUT2D eigenvalue weighted by Gasteiger charge is 2.50. The van der Waals surface area contributed by atoms with Crippen LogP contribution in [-0.4, -0.2) is 148 Å². The first-order valence-corrected chi connectivity index (χ1v) is 22.3. The van der Waals surface area contributed by atoms with Gasteiger partial charge in [-0.3, -0.25) is 24.2 Å². The summed E-state index contributed by atoms with van der Waals surface area (Å²) in [5, 5.41) is 62.0. The number of esters is 1. The molecule has 5 heterocycles. The lowest BCUT2D eigenvalue weighted by Gasteiger charge is -2.53. The quantitative estimate of drug-likeness (QED) is 0.136. The number of piperazine rings is 1. The summed E-state index contributed by atoms with van der Waals surface area (Å²) in [5.41, 5.74) is 0.0808. The van der Waals surface area contributed by atoms with Crippen molar-refractivity contribution in [2.75, 3.05) is 59.2 Å². The number of ketones is 1. The van der Waals surface area contributed by atoms with Crippen molar-refractivity contribution in [2.24, 2.45) is 23.7 Å². The molecule has 2 saturated heterocycles. The summed E-state index contributed by atoms with van der Waals surface area (Å²) < 4.78 is 23.9. The van der Waals surface area contributed by atoms with Gasteiger partial charge in [0.15, 0.2) is 5.75 Å². The third-order valence-electron chi connectivity index (χ3n) is 14.5. The first-order chi connectivity index (χ1) is 30.1. The van der Waals surface area contributed by atoms with E-state index in [0.717, 1.165) is 32.5 Å². The molecule has 0 saturated carbocycles. The molecular formula is C48H68N4O12. The largest absolute Gasteiger partial charge is 0.507 e. The molecule has 9 atom stereocenters. The van der Waals surface area contributed by atoms with Crippen LogP contribution in [0.5, 0.6) is 23.0 Å². The topological polar surface area (TPSA) is 211 Å². The maximum Gasteiger partial charge on any atom is 0.312 e. The fraction of sp³-hybridized carbons (Fsp3) is 0.604. The zero-order chi connectivity index (χ0) is 47.2. The Hall–Kier alpha value is -4.71. The summed E-state index contributed by atoms with van der Waals surface area (Å²) in [6.45, 7) is 16.6. The number of piperidine rings is 1. The molecule has 1 amide bonds. The predicted molar refractivity (Wildman–Crippen MR) is 241 cm³/mol. The molecule has 2 aromatic rings. The van der Waals surface area contributed by atoms with Gasteiger partial charge in [-0.05, 0) is 59.9 Å². The number of methoxy groups -OCH3 is 1. The number of carbonyl (C=O) groups is 3. The van der Waals surface area contributed by atoms with Crippen LogP contribution in [0.25, 0.3) is 10.8 Å². The maximum atomic E-state index is 14.7. The van der Waals surface area contributed by atoms with E-state index in [1.54, 1.807) is 52.8 Å². The van der Waals surface area contributed by atoms with Crippen molar-refractivity contribution in [2.45, 2.75) is 111 Å². The molecule has 0 unspecified atom stereocenters. The molecule has 0 aliphatic carbocycles. The standard InChI is InChI=1S/C48H68N4O12/c1-25-13-12-14-26(2)46(60)49-37-32(23-52-21-20-51(10)48(24-52)16-18-50(9)19-17-48)41(57)34-35(42(37)58)40(56)30(6)44-36(34)45(59)47(8,64-44)62-22-15-33(61-11)27(3)43(63-31(7)53)29(5)39(55)28(4)38(25)54/h12-15,22,25,27-29,33,38-39,43,54-58H,16-21,23-24H2,1-11H3,(H,49,60)/b13-12+,22-15+,26-14-/t25-,27+,28+,29+,33-,38-,39+,43+,47-/m0/s1. The minimum atomic E-state index is -2.02. The van der Waals surface area contributed by atoms with Crippen LogP contribution in [0.1, 0.15) is 82.8 Å². The van der Waals surface area contributed by atoms with E-state index in [1.807, 2.05) is 0 Å². The summed E-state index contributed by atoms with van der Waals surface area (Å²) in [6.07, 6.45) is 5.63. The molecule has 2 aromatic carbocycles. The van der Waals surface area contributed by atoms with Crippen LogP contribution in [0, 0.1) is 30.6 Å². The molecule has 7 rings (SSSR count). The number of phenolic OH excluding ortho intramolecular Hbond substituents is 3. The van der Waals surface area contributed by atoms with E-state index >= 15 is 0 Å². The average Bonchev–Trinajstić information content (AvgIpc) is 3.52. The fourth-order valence-electron chi connectivity index (χ4n) is 10.0. The molecule has 1 spiro atoms. The number of amides is 1. The van der Waals surface area contributed by atoms with Crippen molar-refractivity contribution < 1.29 is 58.9 Å². The Bertz CT molecular complexity index is 2220. The number of aromatic hydroxyl groups is 3. The Kier molecular flexibility index (Phi) is 14.5. The van der Waals surface area contributed by atoms with Gasteiger partial charge in [-0.15, -0.1) is 0 Å². The summed E-state index contributed by atoms with van der Waals surface area (Å²) in [7, 11) is 5.68. The number of benzene rings is 2. The van der Waals surface area contributed by atoms with Crippen LogP contribution in [-0.2, 0) is 30.3 Å². The van der Waals surface area contributed by atoms with Gasteiger partial charge in [0.1, 0.15) is 23.4 Å². The molecule has 16 nitrogen and oxygen atoms in total. The summed E-state index contributed by atoms with van der Waals surface area (Å²) in [4.78, 5) is 48.0. The minimum Gasteiger partial charge on any atom is -0.507 e. The number of likely N-dealkylation sites (tertiary alicyclic amines) is 1. The molecular weight excluding hydrogens is 825 g/mol. The number of aliphatic hydroxyl groups excluding tert-OH is 2. The fourth-order valence-corrected chi connectivity index (χ4v) is 10.0. The third-order valence-corrected chi connectivity index (χ3v) is 14.5. The molecule has 0 radical (unpaired) electrons. The smallest absolute Gasteiger partial charge is 0.312 e. The Morgan fingerprint density at radius 1 is 0.906 bits per heavy atom. The van der Waals surface area contributed by atoms with Crippen molar-refractivity contribution >= 4 is 34.1 Å². The molecule has 5 bridgehead atoms. The maximum absolute atomic E-state index is 14.7. The van der Waals surface area contributed by atoms with Crippen molar-refractivity contribution in [3.8, 4) is 23.0 Å². The van der Waals surface area contributed by atoms with Crippen molar-refractivity contribution in [1.82, 2.24) is 14.7 Å². The third kappa shape index (κ3) is 9.09. The molecule has 6 N–H and O–H groups in total. The average molecular weight is 893 g/mol. The highest BCUT2D eigenvalue weighted by molar-refractivity contribution is 6.22. The summed E-state index contributed by atoms with van der Waals surface area (Å²) in [5.74, 6) is -7.85. The van der Waals surface area contributed by atoms with Gasteiger partial charge in [0, 0.05) is 98.4 Å². The van der Waals surface area contributed by atoms with Gasteiger partial charge in [-0.1, -0.05) is 45.9 Å². The zero-order valence-electron chi connectivity index (χ0n) is 39.1. The lowest BCUT2D eigenvalue weighted by Crippen LogP contribution is -2.63. The number of fused-ring (bicyclic) bond motifs is 14. The van der Waals surface area contributed by atoms with Gasteiger partial charge in [0.25, 0.3) is 11.7 Å². The Balaban J connectivity index is 1.51. The van der Waals surface area contributed by atoms with Crippen LogP contribution in [0.15, 0.2) is 36.1 Å². The number of hydrogen-bond donors (Lipinski definition) is 6. The minimum absolute atomic E-state index is 0.0516. The van der Waals surface area contributed by atoms with Gasteiger partial charge in [-0.25, -0.2) is 0 Å². The summed E-state index contributed by atoms with van der Waals surface area (Å²) in [6, 6.07) is 0. The van der Waals surface area contributed by atoms with Crippen LogP contribution >= 0.6 is 0 Å². The molecule has 5 aliphatic rings. The number of hydrogen-bond acceptors (Lipinski definition) is 15. The number of carbonyl (C=O) groups excluding carboxylic acids is 3. The van der Waals surface area contributed by atoms with Crippen LogP contribution in [0.2, 0.25) is 0 Å². The molecule has 2 fully saturated rings. The van der Waals surface area contributed by atoms with E-state index < -0.39 is 88.8 Å². The number of anilines is 1. The van der Waals surface area contributed by atoms with E-state index in [2.05, 4.69) is 34.1 Å². The number of Topliss-reactive ketones (excluding diaryl/α,β-unsaturated/α-hetero) is 1. The number of allylic oxidation sites excluding steroid dienone is 2. The van der Waals surface area contributed by atoms with Crippen LogP contribution in [0.4, 0.5) is 5.69 Å². The Morgan fingerprint density at radius 2 is 1.58 bits per heavy atom. The lowest BCUT2D eigenvalue weighted by atomic mass is 9.78. The molecule has 0 aromatic heterocycles. The van der Waals surface area contributed by atoms with Crippen molar-refractivity contribution in [3.63, 3.8) is 0 Å². The first-order valence-electron chi connectivity index (χ1n) is 22.3. The van der Waals surface area contributed by atoms with Gasteiger partial charge in [0.2, 0.25) is 0 Å². The Morgan fingerprint density at radius 3 is 2.22 bits per heavy atom. The Labute approximate surface area is 376 Å². The zero-order valence-corrected chi connectivity index (χ0v) is 39.1. The second kappa shape index (κ2) is 19.0. The van der Waals surface area contributed by atoms with E-state index in [-0.39, 0.29) is 56.6 Å². The monoisotopic (exact) mass is 892 g/mol. The predicted octanol–water partition coefficient (Wildman–Crippen LogP) is 4.97. The second-order valence-corrected chi connectivity index (χ2v) is 18.8. The van der Waals surface area contributed by atoms with Crippen LogP contribution in [0.3, 0.4) is 0 Å². The molecule has 16 heteroatoms. The van der Waals surface area contributed by atoms with E-state index in [0.29, 0.717) is 13.1 Å². The lowest BCUT2D eigenvalue weighted by molar-refractivity contribution is -0.160. The first kappa shape index (κ1) is 48.7. The highest BCUT2D eigenvalue weighted by Crippen LogP contribution is 2.55. The molecule has 64 heavy (non-hydrogen) atoms. The number of aliphatic hydroxyl groups is 2. The second-order valence-electron chi connectivity index (χ2n) is 18.8. The number of nitrogens with zero attached hydrogens (tertiary/aromatic N) is 3. The number of likely N-dealkylation sites (N-methyl/N-ethyl adjacent to an activating group) is 1. The van der Waals surface area contributed by atoms with Crippen molar-refractivity contribution in [1.29, 1.82) is 0 Å².